The zero-order valence-electron chi connectivity index (χ0n) is 12.8. The SMILES string of the molecule is CCCCN(CCCC)c1ccc(CN)cc1C(F)(F)F. The number of nitrogens with two attached hydrogens (primary N) is 1. The Kier molecular flexibility index (Phi) is 7.02. The first-order chi connectivity index (χ1) is 9.93. The van der Waals surface area contributed by atoms with E-state index < -0.39 is 11.7 Å². The van der Waals surface area contributed by atoms with E-state index in [1.807, 2.05) is 18.7 Å². The minimum atomic E-state index is -4.35. The van der Waals surface area contributed by atoms with Gasteiger partial charge in [-0.3, -0.25) is 0 Å². The molecule has 0 aliphatic heterocycles. The molecule has 1 aromatic carbocycles. The van der Waals surface area contributed by atoms with Crippen LogP contribution in [0.25, 0.3) is 0 Å². The zero-order valence-corrected chi connectivity index (χ0v) is 12.8. The molecule has 0 aromatic heterocycles. The van der Waals surface area contributed by atoms with Gasteiger partial charge in [0.2, 0.25) is 0 Å². The fraction of sp³-hybridized carbons (Fsp3) is 0.625. The van der Waals surface area contributed by atoms with E-state index in [-0.39, 0.29) is 12.2 Å². The number of nitrogens with zero attached hydrogens (tertiary/aromatic N) is 1. The molecule has 5 heteroatoms. The van der Waals surface area contributed by atoms with E-state index in [1.165, 1.54) is 6.07 Å². The van der Waals surface area contributed by atoms with E-state index in [1.54, 1.807) is 12.1 Å². The van der Waals surface area contributed by atoms with E-state index in [2.05, 4.69) is 0 Å². The van der Waals surface area contributed by atoms with Gasteiger partial charge in [0.25, 0.3) is 0 Å². The number of unbranched alkanes of at least 4 members (excludes halogenated alkanes) is 2. The quantitative estimate of drug-likeness (QED) is 0.762. The van der Waals surface area contributed by atoms with E-state index in [4.69, 9.17) is 5.73 Å². The summed E-state index contributed by atoms with van der Waals surface area (Å²) in [5, 5.41) is 0. The summed E-state index contributed by atoms with van der Waals surface area (Å²) < 4.78 is 39.9. The smallest absolute Gasteiger partial charge is 0.371 e. The third kappa shape index (κ3) is 5.23. The molecule has 0 aliphatic rings. The third-order valence-corrected chi connectivity index (χ3v) is 3.51. The molecule has 2 nitrogen and oxygen atoms in total. The van der Waals surface area contributed by atoms with Crippen molar-refractivity contribution in [1.82, 2.24) is 0 Å². The minimum Gasteiger partial charge on any atom is -0.371 e. The molecule has 2 N–H and O–H groups in total. The van der Waals surface area contributed by atoms with Crippen LogP contribution in [-0.2, 0) is 12.7 Å². The van der Waals surface area contributed by atoms with Gasteiger partial charge < -0.3 is 10.6 Å². The van der Waals surface area contributed by atoms with Crippen LogP contribution in [0.15, 0.2) is 18.2 Å². The van der Waals surface area contributed by atoms with Gasteiger partial charge in [-0.25, -0.2) is 0 Å². The van der Waals surface area contributed by atoms with Crippen LogP contribution in [0.5, 0.6) is 0 Å². The molecule has 0 aliphatic carbocycles. The highest BCUT2D eigenvalue weighted by Crippen LogP contribution is 2.37. The molecule has 120 valence electrons. The Balaban J connectivity index is 3.15. The molecular weight excluding hydrogens is 277 g/mol. The molecule has 21 heavy (non-hydrogen) atoms. The third-order valence-electron chi connectivity index (χ3n) is 3.51. The first-order valence-electron chi connectivity index (χ1n) is 7.59. The van der Waals surface area contributed by atoms with Crippen molar-refractivity contribution in [1.29, 1.82) is 0 Å². The predicted octanol–water partition coefficient (Wildman–Crippen LogP) is 4.57. The number of hydrogen-bond donors (Lipinski definition) is 1. The molecule has 0 saturated heterocycles. The Bertz CT molecular complexity index is 422. The summed E-state index contributed by atoms with van der Waals surface area (Å²) in [6.45, 7) is 5.51. The second kappa shape index (κ2) is 8.27. The highest BCUT2D eigenvalue weighted by Gasteiger charge is 2.35. The van der Waals surface area contributed by atoms with Crippen molar-refractivity contribution in [2.75, 3.05) is 18.0 Å². The van der Waals surface area contributed by atoms with E-state index in [9.17, 15) is 13.2 Å². The first-order valence-corrected chi connectivity index (χ1v) is 7.59. The molecule has 0 unspecified atom stereocenters. The van der Waals surface area contributed by atoms with Gasteiger partial charge in [-0.05, 0) is 30.5 Å². The lowest BCUT2D eigenvalue weighted by atomic mass is 10.1. The van der Waals surface area contributed by atoms with Crippen LogP contribution in [0.1, 0.15) is 50.7 Å². The van der Waals surface area contributed by atoms with E-state index in [0.717, 1.165) is 25.7 Å². The van der Waals surface area contributed by atoms with Crippen molar-refractivity contribution in [2.24, 2.45) is 5.73 Å². The van der Waals surface area contributed by atoms with Gasteiger partial charge in [0.05, 0.1) is 5.56 Å². The molecule has 0 amide bonds. The number of rotatable bonds is 8. The summed E-state index contributed by atoms with van der Waals surface area (Å²) in [6.07, 6.45) is -0.647. The molecule has 0 heterocycles. The second-order valence-corrected chi connectivity index (χ2v) is 5.25. The van der Waals surface area contributed by atoms with Gasteiger partial charge in [-0.2, -0.15) is 13.2 Å². The molecule has 1 aromatic rings. The van der Waals surface area contributed by atoms with Crippen LogP contribution in [-0.4, -0.2) is 13.1 Å². The first kappa shape index (κ1) is 17.8. The van der Waals surface area contributed by atoms with E-state index in [0.29, 0.717) is 18.7 Å². The van der Waals surface area contributed by atoms with Gasteiger partial charge in [0.1, 0.15) is 0 Å². The number of anilines is 1. The molecule has 0 saturated carbocycles. The molecule has 0 radical (unpaired) electrons. The molecule has 1 rings (SSSR count). The highest BCUT2D eigenvalue weighted by molar-refractivity contribution is 5.56. The van der Waals surface area contributed by atoms with Crippen molar-refractivity contribution in [3.63, 3.8) is 0 Å². The van der Waals surface area contributed by atoms with Gasteiger partial charge in [0.15, 0.2) is 0 Å². The largest absolute Gasteiger partial charge is 0.418 e. The summed E-state index contributed by atoms with van der Waals surface area (Å²) in [6, 6.07) is 4.44. The predicted molar refractivity (Wildman–Crippen MR) is 81.4 cm³/mol. The summed E-state index contributed by atoms with van der Waals surface area (Å²) in [5.41, 5.74) is 5.69. The van der Waals surface area contributed by atoms with Gasteiger partial charge in [-0.15, -0.1) is 0 Å². The lowest BCUT2D eigenvalue weighted by molar-refractivity contribution is -0.137. The van der Waals surface area contributed by atoms with Crippen LogP contribution in [0.2, 0.25) is 0 Å². The van der Waals surface area contributed by atoms with Crippen LogP contribution in [0.3, 0.4) is 0 Å². The maximum absolute atomic E-state index is 13.3. The Labute approximate surface area is 125 Å². The molecule has 0 spiro atoms. The molecule has 0 bridgehead atoms. The van der Waals surface area contributed by atoms with Gasteiger partial charge in [0, 0.05) is 25.3 Å². The van der Waals surface area contributed by atoms with Gasteiger partial charge in [-0.1, -0.05) is 32.8 Å². The van der Waals surface area contributed by atoms with Gasteiger partial charge >= 0.3 is 6.18 Å². The summed E-state index contributed by atoms with van der Waals surface area (Å²) >= 11 is 0. The Morgan fingerprint density at radius 3 is 2.05 bits per heavy atom. The monoisotopic (exact) mass is 302 g/mol. The summed E-state index contributed by atoms with van der Waals surface area (Å²) in [5.74, 6) is 0. The normalized spacial score (nSPS) is 11.7. The fourth-order valence-electron chi connectivity index (χ4n) is 2.26. The van der Waals surface area contributed by atoms with Crippen LogP contribution >= 0.6 is 0 Å². The number of alkyl halides is 3. The average molecular weight is 302 g/mol. The molecule has 0 fully saturated rings. The minimum absolute atomic E-state index is 0.118. The molecular formula is C16H25F3N2. The maximum Gasteiger partial charge on any atom is 0.418 e. The van der Waals surface area contributed by atoms with E-state index >= 15 is 0 Å². The Hall–Kier alpha value is -1.23. The summed E-state index contributed by atoms with van der Waals surface area (Å²) in [4.78, 5) is 1.86. The topological polar surface area (TPSA) is 29.3 Å². The number of hydrogen-bond acceptors (Lipinski definition) is 2. The van der Waals surface area contributed by atoms with Crippen LogP contribution in [0.4, 0.5) is 18.9 Å². The van der Waals surface area contributed by atoms with Crippen LogP contribution < -0.4 is 10.6 Å². The maximum atomic E-state index is 13.3. The lowest BCUT2D eigenvalue weighted by Gasteiger charge is -2.28. The highest BCUT2D eigenvalue weighted by atomic mass is 19.4. The van der Waals surface area contributed by atoms with Crippen molar-refractivity contribution < 1.29 is 13.2 Å². The second-order valence-electron chi connectivity index (χ2n) is 5.25. The van der Waals surface area contributed by atoms with Crippen LogP contribution in [0, 0.1) is 0 Å². The lowest BCUT2D eigenvalue weighted by Crippen LogP contribution is -2.28. The van der Waals surface area contributed by atoms with Crippen molar-refractivity contribution in [3.05, 3.63) is 29.3 Å². The number of halogens is 3. The molecule has 0 atom stereocenters. The Morgan fingerprint density at radius 2 is 1.62 bits per heavy atom. The van der Waals surface area contributed by atoms with Crippen molar-refractivity contribution in [2.45, 2.75) is 52.3 Å². The number of benzene rings is 1. The standard InChI is InChI=1S/C16H25F3N2/c1-3-5-9-21(10-6-4-2)15-8-7-13(12-20)11-14(15)16(17,18)19/h7-8,11H,3-6,9-10,12,20H2,1-2H3. The summed E-state index contributed by atoms with van der Waals surface area (Å²) in [7, 11) is 0. The average Bonchev–Trinajstić information content (AvgIpc) is 2.46. The fourth-order valence-corrected chi connectivity index (χ4v) is 2.26. The van der Waals surface area contributed by atoms with Crippen molar-refractivity contribution in [3.8, 4) is 0 Å². The Morgan fingerprint density at radius 1 is 1.05 bits per heavy atom. The zero-order chi connectivity index (χ0) is 15.9. The van der Waals surface area contributed by atoms with Crippen molar-refractivity contribution >= 4 is 5.69 Å².